The lowest BCUT2D eigenvalue weighted by Crippen LogP contribution is -2.51. The molecule has 0 spiro atoms. The van der Waals surface area contributed by atoms with Gasteiger partial charge in [0.15, 0.2) is 0 Å². The molecule has 2 fully saturated rings. The maximum Gasteiger partial charge on any atom is 0.326 e. The highest BCUT2D eigenvalue weighted by atomic mass is 32.2. The van der Waals surface area contributed by atoms with E-state index in [1.54, 1.807) is 0 Å². The molecule has 0 amide bonds. The van der Waals surface area contributed by atoms with Gasteiger partial charge in [0.2, 0.25) is 0 Å². The van der Waals surface area contributed by atoms with E-state index in [0.29, 0.717) is 5.92 Å². The van der Waals surface area contributed by atoms with Gasteiger partial charge in [0.1, 0.15) is 5.54 Å². The first-order chi connectivity index (χ1) is 9.16. The quantitative estimate of drug-likeness (QED) is 0.789. The van der Waals surface area contributed by atoms with Crippen LogP contribution >= 0.6 is 11.8 Å². The standard InChI is InChI=1S/C15H27NO2S/c1-18-14(17)15(16)10-5-6-12(15)9-11-19-13-7-3-2-4-8-13/h12-13H,2-11,16H2,1H3. The summed E-state index contributed by atoms with van der Waals surface area (Å²) in [5.74, 6) is 1.25. The van der Waals surface area contributed by atoms with Crippen LogP contribution in [0.25, 0.3) is 0 Å². The van der Waals surface area contributed by atoms with Crippen LogP contribution < -0.4 is 5.73 Å². The maximum absolute atomic E-state index is 11.9. The molecule has 0 aliphatic heterocycles. The normalized spacial score (nSPS) is 32.4. The molecule has 2 N–H and O–H groups in total. The molecule has 0 aromatic rings. The second-order valence-electron chi connectivity index (χ2n) is 6.04. The van der Waals surface area contributed by atoms with Gasteiger partial charge in [-0.1, -0.05) is 25.7 Å². The molecule has 2 rings (SSSR count). The first-order valence-corrected chi connectivity index (χ1v) is 8.70. The Kier molecular flexibility index (Phi) is 5.58. The Morgan fingerprint density at radius 3 is 2.68 bits per heavy atom. The van der Waals surface area contributed by atoms with Gasteiger partial charge in [0.05, 0.1) is 7.11 Å². The number of esters is 1. The van der Waals surface area contributed by atoms with Crippen molar-refractivity contribution in [1.29, 1.82) is 0 Å². The smallest absolute Gasteiger partial charge is 0.326 e. The van der Waals surface area contributed by atoms with Crippen molar-refractivity contribution in [2.75, 3.05) is 12.9 Å². The van der Waals surface area contributed by atoms with Crippen molar-refractivity contribution >= 4 is 17.7 Å². The summed E-state index contributed by atoms with van der Waals surface area (Å²) in [5.41, 5.74) is 5.59. The second kappa shape index (κ2) is 6.98. The number of methoxy groups -OCH3 is 1. The van der Waals surface area contributed by atoms with Gasteiger partial charge >= 0.3 is 5.97 Å². The Bertz CT molecular complexity index is 305. The summed E-state index contributed by atoms with van der Waals surface area (Å²) in [6.45, 7) is 0. The van der Waals surface area contributed by atoms with Gasteiger partial charge in [-0.25, -0.2) is 0 Å². The Morgan fingerprint density at radius 1 is 1.26 bits per heavy atom. The zero-order valence-electron chi connectivity index (χ0n) is 12.0. The van der Waals surface area contributed by atoms with Gasteiger partial charge in [-0.15, -0.1) is 0 Å². The summed E-state index contributed by atoms with van der Waals surface area (Å²) >= 11 is 2.10. The predicted molar refractivity (Wildman–Crippen MR) is 80.2 cm³/mol. The minimum absolute atomic E-state index is 0.210. The molecule has 0 heterocycles. The molecule has 2 atom stereocenters. The third-order valence-electron chi connectivity index (χ3n) is 4.81. The van der Waals surface area contributed by atoms with Gasteiger partial charge < -0.3 is 10.5 Å². The number of ether oxygens (including phenoxy) is 1. The van der Waals surface area contributed by atoms with Crippen LogP contribution in [-0.4, -0.2) is 29.6 Å². The molecule has 110 valence electrons. The summed E-state index contributed by atoms with van der Waals surface area (Å²) in [6, 6.07) is 0. The fourth-order valence-electron chi connectivity index (χ4n) is 3.57. The summed E-state index contributed by atoms with van der Waals surface area (Å²) < 4.78 is 4.89. The van der Waals surface area contributed by atoms with Crippen molar-refractivity contribution in [3.63, 3.8) is 0 Å². The van der Waals surface area contributed by atoms with Gasteiger partial charge in [-0.3, -0.25) is 4.79 Å². The van der Waals surface area contributed by atoms with Crippen LogP contribution in [0.15, 0.2) is 0 Å². The number of thioether (sulfide) groups is 1. The first-order valence-electron chi connectivity index (χ1n) is 7.65. The lowest BCUT2D eigenvalue weighted by atomic mass is 9.86. The average Bonchev–Trinajstić information content (AvgIpc) is 2.82. The molecule has 2 unspecified atom stereocenters. The van der Waals surface area contributed by atoms with Crippen molar-refractivity contribution < 1.29 is 9.53 Å². The van der Waals surface area contributed by atoms with Gasteiger partial charge in [-0.2, -0.15) is 11.8 Å². The first kappa shape index (κ1) is 15.2. The van der Waals surface area contributed by atoms with Crippen LogP contribution in [0.1, 0.15) is 57.8 Å². The number of hydrogen-bond acceptors (Lipinski definition) is 4. The monoisotopic (exact) mass is 285 g/mol. The zero-order chi connectivity index (χ0) is 13.7. The molecule has 0 aromatic carbocycles. The fourth-order valence-corrected chi connectivity index (χ4v) is 4.99. The summed E-state index contributed by atoms with van der Waals surface area (Å²) in [7, 11) is 1.45. The highest BCUT2D eigenvalue weighted by Gasteiger charge is 2.46. The van der Waals surface area contributed by atoms with E-state index in [1.807, 2.05) is 0 Å². The van der Waals surface area contributed by atoms with Crippen LogP contribution in [0.3, 0.4) is 0 Å². The Balaban J connectivity index is 1.76. The van der Waals surface area contributed by atoms with Crippen LogP contribution in [0.2, 0.25) is 0 Å². The van der Waals surface area contributed by atoms with E-state index in [9.17, 15) is 4.79 Å². The molecule has 2 aliphatic rings. The number of carbonyl (C=O) groups is 1. The Hall–Kier alpha value is -0.220. The van der Waals surface area contributed by atoms with E-state index in [4.69, 9.17) is 10.5 Å². The second-order valence-corrected chi connectivity index (χ2v) is 7.45. The lowest BCUT2D eigenvalue weighted by Gasteiger charge is -2.29. The highest BCUT2D eigenvalue weighted by Crippen LogP contribution is 2.38. The third-order valence-corrected chi connectivity index (χ3v) is 6.22. The zero-order valence-corrected chi connectivity index (χ0v) is 12.8. The van der Waals surface area contributed by atoms with Crippen LogP contribution in [0.5, 0.6) is 0 Å². The van der Waals surface area contributed by atoms with Crippen LogP contribution in [0, 0.1) is 5.92 Å². The molecular weight excluding hydrogens is 258 g/mol. The minimum atomic E-state index is -0.706. The Morgan fingerprint density at radius 2 is 2.00 bits per heavy atom. The van der Waals surface area contributed by atoms with Gasteiger partial charge in [0.25, 0.3) is 0 Å². The van der Waals surface area contributed by atoms with E-state index in [1.165, 1.54) is 39.2 Å². The minimum Gasteiger partial charge on any atom is -0.468 e. The summed E-state index contributed by atoms with van der Waals surface area (Å²) in [5, 5.41) is 0.848. The van der Waals surface area contributed by atoms with E-state index in [0.717, 1.165) is 36.7 Å². The van der Waals surface area contributed by atoms with E-state index >= 15 is 0 Å². The average molecular weight is 285 g/mol. The topological polar surface area (TPSA) is 52.3 Å². The van der Waals surface area contributed by atoms with Gasteiger partial charge in [0, 0.05) is 5.25 Å². The number of rotatable bonds is 5. The van der Waals surface area contributed by atoms with Crippen molar-refractivity contribution in [1.82, 2.24) is 0 Å². The predicted octanol–water partition coefficient (Wildman–Crippen LogP) is 3.11. The van der Waals surface area contributed by atoms with Crippen molar-refractivity contribution in [3.8, 4) is 0 Å². The van der Waals surface area contributed by atoms with Crippen LogP contribution in [0.4, 0.5) is 0 Å². The molecule has 0 bridgehead atoms. The number of hydrogen-bond donors (Lipinski definition) is 1. The molecule has 0 saturated heterocycles. The van der Waals surface area contributed by atoms with E-state index in [-0.39, 0.29) is 5.97 Å². The highest BCUT2D eigenvalue weighted by molar-refractivity contribution is 7.99. The molecule has 0 aromatic heterocycles. The fraction of sp³-hybridized carbons (Fsp3) is 0.933. The lowest BCUT2D eigenvalue weighted by molar-refractivity contribution is -0.148. The summed E-state index contributed by atoms with van der Waals surface area (Å²) in [4.78, 5) is 11.9. The molecule has 2 saturated carbocycles. The largest absolute Gasteiger partial charge is 0.468 e. The third kappa shape index (κ3) is 3.66. The van der Waals surface area contributed by atoms with Crippen molar-refractivity contribution in [3.05, 3.63) is 0 Å². The van der Waals surface area contributed by atoms with E-state index in [2.05, 4.69) is 11.8 Å². The summed E-state index contributed by atoms with van der Waals surface area (Å²) in [6.07, 6.45) is 10.9. The van der Waals surface area contributed by atoms with Crippen LogP contribution in [-0.2, 0) is 9.53 Å². The number of carbonyl (C=O) groups excluding carboxylic acids is 1. The Labute approximate surface area is 121 Å². The van der Waals surface area contributed by atoms with Gasteiger partial charge in [-0.05, 0) is 43.8 Å². The number of nitrogens with two attached hydrogens (primary N) is 1. The van der Waals surface area contributed by atoms with E-state index < -0.39 is 5.54 Å². The maximum atomic E-state index is 11.9. The molecule has 2 aliphatic carbocycles. The molecule has 4 heteroatoms. The molecule has 19 heavy (non-hydrogen) atoms. The SMILES string of the molecule is COC(=O)C1(N)CCCC1CCSC1CCCCC1. The molecule has 0 radical (unpaired) electrons. The van der Waals surface area contributed by atoms with Crippen molar-refractivity contribution in [2.45, 2.75) is 68.6 Å². The molecular formula is C15H27NO2S. The van der Waals surface area contributed by atoms with Crippen molar-refractivity contribution in [2.24, 2.45) is 11.7 Å². The molecule has 3 nitrogen and oxygen atoms in total.